The summed E-state index contributed by atoms with van der Waals surface area (Å²) >= 11 is 0. The van der Waals surface area contributed by atoms with E-state index >= 15 is 0 Å². The lowest BCUT2D eigenvalue weighted by atomic mass is 9.78. The Morgan fingerprint density at radius 2 is 1.86 bits per heavy atom. The van der Waals surface area contributed by atoms with Crippen LogP contribution in [0.4, 0.5) is 4.79 Å². The molecule has 1 amide bonds. The van der Waals surface area contributed by atoms with Crippen LogP contribution < -0.4 is 0 Å². The molecule has 6 heteroatoms. The van der Waals surface area contributed by atoms with Crippen molar-refractivity contribution in [3.63, 3.8) is 0 Å². The second kappa shape index (κ2) is 8.29. The molecule has 2 saturated heterocycles. The van der Waals surface area contributed by atoms with Crippen LogP contribution in [0.3, 0.4) is 0 Å². The highest BCUT2D eigenvalue weighted by Crippen LogP contribution is 2.37. The van der Waals surface area contributed by atoms with Crippen molar-refractivity contribution in [2.45, 2.75) is 50.0 Å². The molecule has 4 rings (SSSR count). The third-order valence-electron chi connectivity index (χ3n) is 5.63. The highest BCUT2D eigenvalue weighted by atomic mass is 16.6. The number of aryl methyl sites for hydroxylation is 1. The maximum absolute atomic E-state index is 12.7. The number of aliphatic hydroxyl groups is 1. The monoisotopic (exact) mass is 382 g/mol. The second-order valence-corrected chi connectivity index (χ2v) is 7.75. The number of hydrogen-bond acceptors (Lipinski definition) is 5. The molecule has 148 valence electrons. The molecule has 0 saturated carbocycles. The van der Waals surface area contributed by atoms with Gasteiger partial charge in [0.25, 0.3) is 0 Å². The van der Waals surface area contributed by atoms with E-state index in [4.69, 9.17) is 9.47 Å². The number of nitrogens with zero attached hydrogens (tertiary/aromatic N) is 2. The Morgan fingerprint density at radius 1 is 1.14 bits per heavy atom. The first-order valence-electron chi connectivity index (χ1n) is 9.82. The van der Waals surface area contributed by atoms with Crippen molar-refractivity contribution in [3.05, 3.63) is 66.0 Å². The second-order valence-electron chi connectivity index (χ2n) is 7.75. The third kappa shape index (κ3) is 4.34. The fraction of sp³-hybridized carbons (Fsp3) is 0.455. The topological polar surface area (TPSA) is 71.9 Å². The van der Waals surface area contributed by atoms with Gasteiger partial charge in [-0.15, -0.1) is 0 Å². The molecule has 2 atom stereocenters. The Labute approximate surface area is 165 Å². The summed E-state index contributed by atoms with van der Waals surface area (Å²) in [5, 5.41) is 11.2. The predicted octanol–water partition coefficient (Wildman–Crippen LogP) is 2.95. The number of pyridine rings is 1. The van der Waals surface area contributed by atoms with Gasteiger partial charge in [-0.05, 0) is 43.4 Å². The summed E-state index contributed by atoms with van der Waals surface area (Å²) in [5.41, 5.74) is 1.12. The molecule has 1 N–H and O–H groups in total. The number of carbonyl (C=O) groups excluding carboxylic acids is 1. The minimum Gasteiger partial charge on any atom is -0.445 e. The molecule has 2 fully saturated rings. The number of aromatic nitrogens is 1. The predicted molar refractivity (Wildman–Crippen MR) is 104 cm³/mol. The summed E-state index contributed by atoms with van der Waals surface area (Å²) in [6.07, 6.45) is 3.79. The van der Waals surface area contributed by atoms with Gasteiger partial charge in [0.15, 0.2) is 0 Å². The van der Waals surface area contributed by atoms with Crippen molar-refractivity contribution < 1.29 is 19.4 Å². The van der Waals surface area contributed by atoms with Crippen LogP contribution in [0.15, 0.2) is 54.7 Å². The van der Waals surface area contributed by atoms with Crippen molar-refractivity contribution in [1.82, 2.24) is 9.88 Å². The summed E-state index contributed by atoms with van der Waals surface area (Å²) < 4.78 is 11.2. The van der Waals surface area contributed by atoms with Crippen LogP contribution in [0.2, 0.25) is 0 Å². The zero-order valence-electron chi connectivity index (χ0n) is 15.9. The van der Waals surface area contributed by atoms with Gasteiger partial charge in [0, 0.05) is 11.9 Å². The van der Waals surface area contributed by atoms with E-state index in [1.165, 1.54) is 0 Å². The standard InChI is InChI=1S/C22H26N2O4/c25-21(28-14-17-6-2-1-3-7-17)24-19-12-22(26,13-20(24)16-27-15-19)10-9-18-8-4-5-11-23-18/h1-8,11,19-20,26H,9-10,12-16H2. The van der Waals surface area contributed by atoms with E-state index in [1.807, 2.05) is 48.5 Å². The van der Waals surface area contributed by atoms with Gasteiger partial charge in [-0.25, -0.2) is 4.79 Å². The van der Waals surface area contributed by atoms with Crippen LogP contribution in [-0.2, 0) is 22.5 Å². The zero-order valence-corrected chi connectivity index (χ0v) is 15.9. The first kappa shape index (κ1) is 18.9. The normalized spacial score (nSPS) is 26.7. The van der Waals surface area contributed by atoms with Gasteiger partial charge in [0.1, 0.15) is 6.61 Å². The van der Waals surface area contributed by atoms with Gasteiger partial charge in [-0.1, -0.05) is 36.4 Å². The van der Waals surface area contributed by atoms with E-state index in [9.17, 15) is 9.90 Å². The van der Waals surface area contributed by atoms with Gasteiger partial charge in [-0.2, -0.15) is 0 Å². The molecule has 3 heterocycles. The lowest BCUT2D eigenvalue weighted by Crippen LogP contribution is -2.63. The van der Waals surface area contributed by atoms with Crippen LogP contribution in [0.25, 0.3) is 0 Å². The van der Waals surface area contributed by atoms with Crippen LogP contribution in [0.5, 0.6) is 0 Å². The SMILES string of the molecule is O=C(OCc1ccccc1)N1C2COCC1CC(O)(CCc1ccccn1)C2. The number of ether oxygens (including phenoxy) is 2. The van der Waals surface area contributed by atoms with Crippen molar-refractivity contribution in [2.24, 2.45) is 0 Å². The molecule has 2 aliphatic rings. The maximum atomic E-state index is 12.7. The average Bonchev–Trinajstić information content (AvgIpc) is 2.71. The van der Waals surface area contributed by atoms with Gasteiger partial charge in [0.2, 0.25) is 0 Å². The molecular weight excluding hydrogens is 356 g/mol. The van der Waals surface area contributed by atoms with E-state index in [0.29, 0.717) is 32.5 Å². The number of rotatable bonds is 5. The van der Waals surface area contributed by atoms with Crippen molar-refractivity contribution in [3.8, 4) is 0 Å². The minimum atomic E-state index is -0.813. The van der Waals surface area contributed by atoms with E-state index < -0.39 is 5.60 Å². The fourth-order valence-electron chi connectivity index (χ4n) is 4.28. The lowest BCUT2D eigenvalue weighted by Gasteiger charge is -2.51. The Balaban J connectivity index is 1.38. The number of hydrogen-bond donors (Lipinski definition) is 1. The van der Waals surface area contributed by atoms with Crippen molar-refractivity contribution in [2.75, 3.05) is 13.2 Å². The zero-order chi connectivity index (χ0) is 19.4. The smallest absolute Gasteiger partial charge is 0.410 e. The first-order valence-corrected chi connectivity index (χ1v) is 9.82. The molecule has 0 aliphatic carbocycles. The number of benzene rings is 1. The lowest BCUT2D eigenvalue weighted by molar-refractivity contribution is -0.135. The number of amides is 1. The van der Waals surface area contributed by atoms with Crippen molar-refractivity contribution in [1.29, 1.82) is 0 Å². The van der Waals surface area contributed by atoms with Crippen LogP contribution >= 0.6 is 0 Å². The Bertz CT molecular complexity index is 770. The average molecular weight is 382 g/mol. The quantitative estimate of drug-likeness (QED) is 0.861. The summed E-state index contributed by atoms with van der Waals surface area (Å²) in [5.74, 6) is 0. The van der Waals surface area contributed by atoms with E-state index in [2.05, 4.69) is 4.98 Å². The molecular formula is C22H26N2O4. The van der Waals surface area contributed by atoms with Gasteiger partial charge < -0.3 is 14.6 Å². The molecule has 2 aromatic rings. The Morgan fingerprint density at radius 3 is 2.54 bits per heavy atom. The van der Waals surface area contributed by atoms with Gasteiger partial charge in [-0.3, -0.25) is 9.88 Å². The number of piperidine rings is 1. The van der Waals surface area contributed by atoms with Crippen LogP contribution in [0, 0.1) is 0 Å². The van der Waals surface area contributed by atoms with E-state index in [0.717, 1.165) is 17.7 Å². The molecule has 1 aromatic carbocycles. The minimum absolute atomic E-state index is 0.162. The molecule has 0 radical (unpaired) electrons. The molecule has 28 heavy (non-hydrogen) atoms. The number of morpholine rings is 1. The van der Waals surface area contributed by atoms with Gasteiger partial charge in [0.05, 0.1) is 30.9 Å². The molecule has 2 bridgehead atoms. The largest absolute Gasteiger partial charge is 0.445 e. The molecule has 6 nitrogen and oxygen atoms in total. The third-order valence-corrected chi connectivity index (χ3v) is 5.63. The first-order chi connectivity index (χ1) is 13.6. The fourth-order valence-corrected chi connectivity index (χ4v) is 4.28. The van der Waals surface area contributed by atoms with Crippen LogP contribution in [-0.4, -0.2) is 52.0 Å². The highest BCUT2D eigenvalue weighted by molar-refractivity contribution is 5.69. The van der Waals surface area contributed by atoms with Crippen LogP contribution in [0.1, 0.15) is 30.5 Å². The number of fused-ring (bicyclic) bond motifs is 2. The maximum Gasteiger partial charge on any atom is 0.410 e. The Kier molecular flexibility index (Phi) is 5.59. The number of carbonyl (C=O) groups is 1. The Hall–Kier alpha value is -2.44. The summed E-state index contributed by atoms with van der Waals surface area (Å²) in [6.45, 7) is 1.12. The summed E-state index contributed by atoms with van der Waals surface area (Å²) in [7, 11) is 0. The van der Waals surface area contributed by atoms with Gasteiger partial charge >= 0.3 is 6.09 Å². The molecule has 2 aliphatic heterocycles. The van der Waals surface area contributed by atoms with Crippen molar-refractivity contribution >= 4 is 6.09 Å². The highest BCUT2D eigenvalue weighted by Gasteiger charge is 2.48. The summed E-state index contributed by atoms with van der Waals surface area (Å²) in [4.78, 5) is 18.9. The molecule has 2 unspecified atom stereocenters. The van der Waals surface area contributed by atoms with E-state index in [-0.39, 0.29) is 24.8 Å². The summed E-state index contributed by atoms with van der Waals surface area (Å²) in [6, 6.07) is 15.2. The molecule has 0 spiro atoms. The van der Waals surface area contributed by atoms with E-state index in [1.54, 1.807) is 11.1 Å². The molecule has 1 aromatic heterocycles.